The second kappa shape index (κ2) is 6.49. The minimum Gasteiger partial charge on any atom is -0.381 e. The summed E-state index contributed by atoms with van der Waals surface area (Å²) >= 11 is 3.40. The van der Waals surface area contributed by atoms with Crippen molar-refractivity contribution in [2.75, 3.05) is 13.2 Å². The third-order valence-corrected chi connectivity index (χ3v) is 5.10. The number of benzene rings is 1. The molecule has 3 aromatic rings. The van der Waals surface area contributed by atoms with Crippen LogP contribution in [0.3, 0.4) is 0 Å². The van der Waals surface area contributed by atoms with E-state index in [1.807, 2.05) is 0 Å². The average molecular weight is 412 g/mol. The van der Waals surface area contributed by atoms with E-state index in [1.54, 1.807) is 28.8 Å². The van der Waals surface area contributed by atoms with Gasteiger partial charge >= 0.3 is 0 Å². The second-order valence-electron chi connectivity index (χ2n) is 6.19. The van der Waals surface area contributed by atoms with Gasteiger partial charge in [0, 0.05) is 29.7 Å². The molecule has 1 aromatic carbocycles. The zero-order chi connectivity index (χ0) is 17.6. The average Bonchev–Trinajstić information content (AvgIpc) is 3.04. The van der Waals surface area contributed by atoms with E-state index in [9.17, 15) is 13.6 Å². The fraction of sp³-hybridized carbons (Fsp3) is 0.412. The fourth-order valence-electron chi connectivity index (χ4n) is 3.38. The van der Waals surface area contributed by atoms with Crippen LogP contribution in [0.1, 0.15) is 24.5 Å². The Balaban J connectivity index is 2.00. The summed E-state index contributed by atoms with van der Waals surface area (Å²) in [5.41, 5.74) is 1.41. The topological polar surface area (TPSA) is 48.5 Å². The standard InChI is InChI=1S/C17H16BrF2N3O2/c18-11-1-2-12-14(7-11)23-16(22(17(12)24)9-15(19)20)8-13(21-23)10-3-5-25-6-4-10/h1-2,7-8,10,15H,3-6,9H2. The van der Waals surface area contributed by atoms with Gasteiger partial charge < -0.3 is 4.74 Å². The van der Waals surface area contributed by atoms with Crippen LogP contribution in [0.15, 0.2) is 33.5 Å². The molecule has 5 nitrogen and oxygen atoms in total. The molecule has 0 spiro atoms. The van der Waals surface area contributed by atoms with Crippen LogP contribution in [-0.4, -0.2) is 33.8 Å². The summed E-state index contributed by atoms with van der Waals surface area (Å²) in [7, 11) is 0. The molecule has 2 aromatic heterocycles. The fourth-order valence-corrected chi connectivity index (χ4v) is 3.73. The summed E-state index contributed by atoms with van der Waals surface area (Å²) in [4.78, 5) is 12.7. The van der Waals surface area contributed by atoms with Crippen molar-refractivity contribution >= 4 is 32.5 Å². The van der Waals surface area contributed by atoms with E-state index in [2.05, 4.69) is 21.0 Å². The van der Waals surface area contributed by atoms with Crippen LogP contribution in [0.4, 0.5) is 8.78 Å². The molecule has 4 rings (SSSR count). The number of hydrogen-bond acceptors (Lipinski definition) is 3. The minimum atomic E-state index is -2.61. The number of fused-ring (bicyclic) bond motifs is 3. The maximum Gasteiger partial charge on any atom is 0.261 e. The lowest BCUT2D eigenvalue weighted by atomic mass is 9.97. The first-order valence-corrected chi connectivity index (χ1v) is 8.91. The van der Waals surface area contributed by atoms with Crippen molar-refractivity contribution in [3.05, 3.63) is 44.8 Å². The van der Waals surface area contributed by atoms with Crippen molar-refractivity contribution in [3.8, 4) is 0 Å². The summed E-state index contributed by atoms with van der Waals surface area (Å²) in [6, 6.07) is 6.92. The van der Waals surface area contributed by atoms with Gasteiger partial charge in [-0.2, -0.15) is 5.10 Å². The SMILES string of the molecule is O=c1c2ccc(Br)cc2n2nc(C3CCOCC3)cc2n1CC(F)F. The predicted molar refractivity (Wildman–Crippen MR) is 93.5 cm³/mol. The van der Waals surface area contributed by atoms with Crippen LogP contribution in [0.25, 0.3) is 16.6 Å². The monoisotopic (exact) mass is 411 g/mol. The highest BCUT2D eigenvalue weighted by atomic mass is 79.9. The second-order valence-corrected chi connectivity index (χ2v) is 7.11. The van der Waals surface area contributed by atoms with E-state index >= 15 is 0 Å². The van der Waals surface area contributed by atoms with Crippen LogP contribution in [0.2, 0.25) is 0 Å². The van der Waals surface area contributed by atoms with Crippen LogP contribution in [-0.2, 0) is 11.3 Å². The van der Waals surface area contributed by atoms with Gasteiger partial charge in [0.05, 0.1) is 23.1 Å². The molecule has 25 heavy (non-hydrogen) atoms. The van der Waals surface area contributed by atoms with Gasteiger partial charge in [-0.1, -0.05) is 15.9 Å². The van der Waals surface area contributed by atoms with E-state index in [1.165, 1.54) is 0 Å². The molecule has 0 bridgehead atoms. The molecule has 0 radical (unpaired) electrons. The highest BCUT2D eigenvalue weighted by molar-refractivity contribution is 9.10. The summed E-state index contributed by atoms with van der Waals surface area (Å²) in [5, 5.41) is 5.02. The third-order valence-electron chi connectivity index (χ3n) is 4.61. The number of nitrogens with zero attached hydrogens (tertiary/aromatic N) is 3. The molecule has 0 saturated carbocycles. The Morgan fingerprint density at radius 3 is 2.76 bits per heavy atom. The highest BCUT2D eigenvalue weighted by Crippen LogP contribution is 2.28. The Labute approximate surface area is 150 Å². The Hall–Kier alpha value is -1.80. The van der Waals surface area contributed by atoms with Crippen LogP contribution in [0.5, 0.6) is 0 Å². The van der Waals surface area contributed by atoms with Gasteiger partial charge in [-0.05, 0) is 31.0 Å². The molecule has 0 unspecified atom stereocenters. The Bertz CT molecular complexity index is 993. The molecule has 3 heterocycles. The van der Waals surface area contributed by atoms with Gasteiger partial charge in [0.25, 0.3) is 12.0 Å². The lowest BCUT2D eigenvalue weighted by molar-refractivity contribution is 0.0844. The molecular formula is C17H16BrF2N3O2. The Morgan fingerprint density at radius 2 is 2.04 bits per heavy atom. The van der Waals surface area contributed by atoms with Crippen molar-refractivity contribution in [3.63, 3.8) is 0 Å². The zero-order valence-corrected chi connectivity index (χ0v) is 14.9. The number of rotatable bonds is 3. The molecule has 1 aliphatic heterocycles. The van der Waals surface area contributed by atoms with Crippen molar-refractivity contribution in [1.82, 2.24) is 14.2 Å². The number of halogens is 3. The van der Waals surface area contributed by atoms with Crippen LogP contribution in [0, 0.1) is 0 Å². The maximum atomic E-state index is 13.0. The van der Waals surface area contributed by atoms with E-state index in [-0.39, 0.29) is 5.92 Å². The first-order chi connectivity index (χ1) is 12.0. The van der Waals surface area contributed by atoms with Crippen molar-refractivity contribution in [2.45, 2.75) is 31.7 Å². The molecule has 8 heteroatoms. The smallest absolute Gasteiger partial charge is 0.261 e. The van der Waals surface area contributed by atoms with Crippen molar-refractivity contribution in [1.29, 1.82) is 0 Å². The third kappa shape index (κ3) is 2.97. The Kier molecular flexibility index (Phi) is 4.33. The molecule has 1 saturated heterocycles. The van der Waals surface area contributed by atoms with E-state index in [4.69, 9.17) is 4.74 Å². The summed E-state index contributed by atoms with van der Waals surface area (Å²) in [6.45, 7) is 0.677. The zero-order valence-electron chi connectivity index (χ0n) is 13.3. The lowest BCUT2D eigenvalue weighted by Crippen LogP contribution is -2.25. The first-order valence-electron chi connectivity index (χ1n) is 8.12. The van der Waals surface area contributed by atoms with Gasteiger partial charge in [0.15, 0.2) is 0 Å². The van der Waals surface area contributed by atoms with Gasteiger partial charge in [0.2, 0.25) is 0 Å². The number of alkyl halides is 2. The van der Waals surface area contributed by atoms with Gasteiger partial charge in [0.1, 0.15) is 5.65 Å². The molecular weight excluding hydrogens is 396 g/mol. The molecule has 0 aliphatic carbocycles. The number of ether oxygens (including phenoxy) is 1. The molecule has 1 aliphatic rings. The maximum absolute atomic E-state index is 13.0. The normalized spacial score (nSPS) is 16.3. The number of aromatic nitrogens is 3. The van der Waals surface area contributed by atoms with Gasteiger partial charge in [-0.15, -0.1) is 0 Å². The molecule has 0 N–H and O–H groups in total. The first kappa shape index (κ1) is 16.7. The van der Waals surface area contributed by atoms with E-state index in [0.717, 1.165) is 27.6 Å². The highest BCUT2D eigenvalue weighted by Gasteiger charge is 2.22. The van der Waals surface area contributed by atoms with Crippen LogP contribution < -0.4 is 5.56 Å². The Morgan fingerprint density at radius 1 is 1.28 bits per heavy atom. The largest absolute Gasteiger partial charge is 0.381 e. The predicted octanol–water partition coefficient (Wildman–Crippen LogP) is 3.57. The minimum absolute atomic E-state index is 0.214. The molecule has 1 fully saturated rings. The van der Waals surface area contributed by atoms with Crippen molar-refractivity contribution < 1.29 is 13.5 Å². The van der Waals surface area contributed by atoms with Crippen LogP contribution >= 0.6 is 15.9 Å². The van der Waals surface area contributed by atoms with E-state index in [0.29, 0.717) is 29.8 Å². The van der Waals surface area contributed by atoms with Gasteiger partial charge in [-0.25, -0.2) is 13.3 Å². The van der Waals surface area contributed by atoms with Crippen molar-refractivity contribution in [2.24, 2.45) is 0 Å². The van der Waals surface area contributed by atoms with Gasteiger partial charge in [-0.3, -0.25) is 9.36 Å². The summed E-state index contributed by atoms with van der Waals surface area (Å²) in [5.74, 6) is 0.214. The summed E-state index contributed by atoms with van der Waals surface area (Å²) < 4.78 is 35.0. The molecule has 0 amide bonds. The summed E-state index contributed by atoms with van der Waals surface area (Å²) in [6.07, 6.45) is -0.939. The molecule has 132 valence electrons. The number of hydrogen-bond donors (Lipinski definition) is 0. The lowest BCUT2D eigenvalue weighted by Gasteiger charge is -2.19. The quantitative estimate of drug-likeness (QED) is 0.661. The van der Waals surface area contributed by atoms with E-state index < -0.39 is 18.5 Å². The molecule has 0 atom stereocenters.